The van der Waals surface area contributed by atoms with E-state index in [0.29, 0.717) is 17.1 Å². The standard InChI is InChI=1S/C14H20ClN3O/c15-12-9-13(17-14(16-12)10-5-6-10)18-7-1-3-11(18)4-2-8-19/h9-11,19H,1-8H2. The Morgan fingerprint density at radius 1 is 1.32 bits per heavy atom. The van der Waals surface area contributed by atoms with Crippen molar-refractivity contribution < 1.29 is 5.11 Å². The van der Waals surface area contributed by atoms with E-state index >= 15 is 0 Å². The molecule has 2 aliphatic rings. The smallest absolute Gasteiger partial charge is 0.135 e. The average molecular weight is 282 g/mol. The van der Waals surface area contributed by atoms with Gasteiger partial charge in [-0.25, -0.2) is 9.97 Å². The Morgan fingerprint density at radius 2 is 2.16 bits per heavy atom. The monoisotopic (exact) mass is 281 g/mol. The molecule has 0 spiro atoms. The highest BCUT2D eigenvalue weighted by Gasteiger charge is 2.30. The predicted molar refractivity (Wildman–Crippen MR) is 75.7 cm³/mol. The Hall–Kier alpha value is -0.870. The minimum Gasteiger partial charge on any atom is -0.396 e. The first kappa shape index (κ1) is 13.1. The van der Waals surface area contributed by atoms with Crippen molar-refractivity contribution in [1.82, 2.24) is 9.97 Å². The van der Waals surface area contributed by atoms with E-state index in [2.05, 4.69) is 9.88 Å². The number of halogens is 1. The SMILES string of the molecule is OCCCC1CCCN1c1cc(Cl)nc(C2CC2)n1. The molecule has 1 saturated heterocycles. The van der Waals surface area contributed by atoms with Crippen LogP contribution < -0.4 is 4.90 Å². The maximum atomic E-state index is 8.99. The van der Waals surface area contributed by atoms with E-state index in [1.165, 1.54) is 25.7 Å². The summed E-state index contributed by atoms with van der Waals surface area (Å²) in [6.07, 6.45) is 6.63. The summed E-state index contributed by atoms with van der Waals surface area (Å²) in [5.41, 5.74) is 0. The van der Waals surface area contributed by atoms with Gasteiger partial charge in [-0.2, -0.15) is 0 Å². The van der Waals surface area contributed by atoms with Crippen molar-refractivity contribution in [3.05, 3.63) is 17.0 Å². The Morgan fingerprint density at radius 3 is 2.89 bits per heavy atom. The molecule has 0 amide bonds. The van der Waals surface area contributed by atoms with Crippen LogP contribution in [0.25, 0.3) is 0 Å². The molecule has 1 saturated carbocycles. The van der Waals surface area contributed by atoms with Gasteiger partial charge in [0.15, 0.2) is 0 Å². The highest BCUT2D eigenvalue weighted by molar-refractivity contribution is 6.29. The third kappa shape index (κ3) is 3.00. The second-order valence-electron chi connectivity index (χ2n) is 5.54. The Bertz CT molecular complexity index is 450. The third-order valence-corrected chi connectivity index (χ3v) is 4.20. The molecule has 104 valence electrons. The molecular formula is C14H20ClN3O. The lowest BCUT2D eigenvalue weighted by atomic mass is 10.1. The summed E-state index contributed by atoms with van der Waals surface area (Å²) in [5.74, 6) is 2.41. The van der Waals surface area contributed by atoms with Crippen LogP contribution in [0.4, 0.5) is 5.82 Å². The van der Waals surface area contributed by atoms with Crippen LogP contribution in [0, 0.1) is 0 Å². The largest absolute Gasteiger partial charge is 0.396 e. The molecule has 1 aromatic heterocycles. The van der Waals surface area contributed by atoms with Gasteiger partial charge >= 0.3 is 0 Å². The van der Waals surface area contributed by atoms with Crippen LogP contribution in [0.3, 0.4) is 0 Å². The van der Waals surface area contributed by atoms with Crippen LogP contribution >= 0.6 is 11.6 Å². The number of hydrogen-bond acceptors (Lipinski definition) is 4. The van der Waals surface area contributed by atoms with Gasteiger partial charge in [0.25, 0.3) is 0 Å². The Balaban J connectivity index is 1.79. The summed E-state index contributed by atoms with van der Waals surface area (Å²) < 4.78 is 0. The number of anilines is 1. The number of aromatic nitrogens is 2. The fraction of sp³-hybridized carbons (Fsp3) is 0.714. The molecule has 2 fully saturated rings. The third-order valence-electron chi connectivity index (χ3n) is 4.01. The zero-order valence-electron chi connectivity index (χ0n) is 11.1. The molecule has 1 N–H and O–H groups in total. The van der Waals surface area contributed by atoms with Crippen molar-refractivity contribution in [1.29, 1.82) is 0 Å². The van der Waals surface area contributed by atoms with Crippen molar-refractivity contribution in [2.24, 2.45) is 0 Å². The molecule has 4 nitrogen and oxygen atoms in total. The molecule has 19 heavy (non-hydrogen) atoms. The summed E-state index contributed by atoms with van der Waals surface area (Å²) in [5, 5.41) is 9.54. The minimum atomic E-state index is 0.266. The normalized spacial score (nSPS) is 23.1. The van der Waals surface area contributed by atoms with Crippen molar-refractivity contribution in [2.45, 2.75) is 50.5 Å². The van der Waals surface area contributed by atoms with E-state index in [-0.39, 0.29) is 6.61 Å². The first-order valence-corrected chi connectivity index (χ1v) is 7.57. The highest BCUT2D eigenvalue weighted by Crippen LogP contribution is 2.39. The van der Waals surface area contributed by atoms with Gasteiger partial charge in [-0.3, -0.25) is 0 Å². The molecule has 1 aliphatic carbocycles. The fourth-order valence-corrected chi connectivity index (χ4v) is 3.04. The number of nitrogens with zero attached hydrogens (tertiary/aromatic N) is 3. The topological polar surface area (TPSA) is 49.2 Å². The lowest BCUT2D eigenvalue weighted by Gasteiger charge is -2.26. The minimum absolute atomic E-state index is 0.266. The molecule has 0 bridgehead atoms. The maximum absolute atomic E-state index is 8.99. The molecule has 0 aromatic carbocycles. The maximum Gasteiger partial charge on any atom is 0.135 e. The van der Waals surface area contributed by atoms with E-state index < -0.39 is 0 Å². The molecule has 1 aliphatic heterocycles. The van der Waals surface area contributed by atoms with Crippen LogP contribution in [-0.4, -0.2) is 34.3 Å². The van der Waals surface area contributed by atoms with Crippen molar-refractivity contribution in [3.8, 4) is 0 Å². The van der Waals surface area contributed by atoms with Crippen LogP contribution in [0.1, 0.15) is 50.3 Å². The zero-order valence-corrected chi connectivity index (χ0v) is 11.8. The van der Waals surface area contributed by atoms with Crippen molar-refractivity contribution in [2.75, 3.05) is 18.1 Å². The second kappa shape index (κ2) is 5.63. The lowest BCUT2D eigenvalue weighted by molar-refractivity contribution is 0.279. The van der Waals surface area contributed by atoms with E-state index in [9.17, 15) is 0 Å². The van der Waals surface area contributed by atoms with Gasteiger partial charge in [0.2, 0.25) is 0 Å². The highest BCUT2D eigenvalue weighted by atomic mass is 35.5. The first-order valence-electron chi connectivity index (χ1n) is 7.20. The summed E-state index contributed by atoms with van der Waals surface area (Å²) >= 11 is 6.13. The van der Waals surface area contributed by atoms with Gasteiger partial charge in [-0.05, 0) is 38.5 Å². The van der Waals surface area contributed by atoms with Crippen molar-refractivity contribution >= 4 is 17.4 Å². The first-order chi connectivity index (χ1) is 9.28. The molecule has 5 heteroatoms. The van der Waals surface area contributed by atoms with E-state index in [1.807, 2.05) is 6.07 Å². The van der Waals surface area contributed by atoms with Crippen molar-refractivity contribution in [3.63, 3.8) is 0 Å². The van der Waals surface area contributed by atoms with Gasteiger partial charge < -0.3 is 10.0 Å². The van der Waals surface area contributed by atoms with Gasteiger partial charge in [0.1, 0.15) is 16.8 Å². The van der Waals surface area contributed by atoms with Crippen LogP contribution in [0.15, 0.2) is 6.07 Å². The summed E-state index contributed by atoms with van der Waals surface area (Å²) in [4.78, 5) is 11.4. The Kier molecular flexibility index (Phi) is 3.89. The molecule has 1 atom stereocenters. The average Bonchev–Trinajstić information content (AvgIpc) is 3.15. The number of hydrogen-bond donors (Lipinski definition) is 1. The van der Waals surface area contributed by atoms with Gasteiger partial charge in [-0.15, -0.1) is 0 Å². The van der Waals surface area contributed by atoms with Crippen LogP contribution in [-0.2, 0) is 0 Å². The molecule has 1 unspecified atom stereocenters. The summed E-state index contributed by atoms with van der Waals surface area (Å²) in [6.45, 7) is 1.30. The molecule has 3 rings (SSSR count). The van der Waals surface area contributed by atoms with Crippen LogP contribution in [0.2, 0.25) is 5.15 Å². The second-order valence-corrected chi connectivity index (χ2v) is 5.92. The van der Waals surface area contributed by atoms with Crippen LogP contribution in [0.5, 0.6) is 0 Å². The predicted octanol–water partition coefficient (Wildman–Crippen LogP) is 2.75. The molecule has 0 radical (unpaired) electrons. The molecule has 1 aromatic rings. The lowest BCUT2D eigenvalue weighted by Crippen LogP contribution is -2.30. The Labute approximate surface area is 118 Å². The van der Waals surface area contributed by atoms with E-state index in [0.717, 1.165) is 31.0 Å². The van der Waals surface area contributed by atoms with Gasteiger partial charge in [-0.1, -0.05) is 11.6 Å². The zero-order chi connectivity index (χ0) is 13.2. The van der Waals surface area contributed by atoms with Gasteiger partial charge in [0, 0.05) is 31.2 Å². The molecular weight excluding hydrogens is 262 g/mol. The van der Waals surface area contributed by atoms with E-state index in [1.54, 1.807) is 0 Å². The summed E-state index contributed by atoms with van der Waals surface area (Å²) in [6, 6.07) is 2.37. The molecule has 2 heterocycles. The quantitative estimate of drug-likeness (QED) is 0.843. The number of aliphatic hydroxyl groups is 1. The fourth-order valence-electron chi connectivity index (χ4n) is 2.86. The van der Waals surface area contributed by atoms with Gasteiger partial charge in [0.05, 0.1) is 0 Å². The number of rotatable bonds is 5. The number of aliphatic hydroxyl groups excluding tert-OH is 1. The van der Waals surface area contributed by atoms with E-state index in [4.69, 9.17) is 21.7 Å². The summed E-state index contributed by atoms with van der Waals surface area (Å²) in [7, 11) is 0.